The Hall–Kier alpha value is -0.990. The molecule has 1 nitrogen and oxygen atoms in total. The van der Waals surface area contributed by atoms with Gasteiger partial charge in [0.2, 0.25) is 0 Å². The fourth-order valence-electron chi connectivity index (χ4n) is 1.29. The molecule has 0 aliphatic heterocycles. The topological polar surface area (TPSA) is 20.2 Å². The van der Waals surface area contributed by atoms with Gasteiger partial charge >= 0.3 is 99.2 Å². The Labute approximate surface area is 99.0 Å². The Balaban J connectivity index is 2.28. The molecule has 0 bridgehead atoms. The van der Waals surface area contributed by atoms with E-state index in [9.17, 15) is 0 Å². The van der Waals surface area contributed by atoms with Crippen molar-refractivity contribution in [3.8, 4) is 21.0 Å². The number of benzene rings is 1. The summed E-state index contributed by atoms with van der Waals surface area (Å²) in [4.78, 5) is 0. The molecular formula is C13H10OTe. The Morgan fingerprint density at radius 1 is 1.07 bits per heavy atom. The second-order valence-electron chi connectivity index (χ2n) is 2.99. The molecule has 0 fully saturated rings. The summed E-state index contributed by atoms with van der Waals surface area (Å²) in [5.41, 5.74) is 1.30. The number of aliphatic hydroxyl groups excluding tert-OH is 1. The zero-order valence-corrected chi connectivity index (χ0v) is 10.4. The summed E-state index contributed by atoms with van der Waals surface area (Å²) in [6.07, 6.45) is 0. The van der Waals surface area contributed by atoms with Gasteiger partial charge in [-0.1, -0.05) is 0 Å². The predicted octanol–water partition coefficient (Wildman–Crippen LogP) is 1.75. The molecular weight excluding hydrogens is 300 g/mol. The predicted molar refractivity (Wildman–Crippen MR) is 62.8 cm³/mol. The first-order valence-corrected chi connectivity index (χ1v) is 6.98. The molecule has 15 heavy (non-hydrogen) atoms. The molecule has 0 amide bonds. The van der Waals surface area contributed by atoms with E-state index in [1.165, 1.54) is 12.7 Å². The molecule has 0 radical (unpaired) electrons. The van der Waals surface area contributed by atoms with Crippen molar-refractivity contribution in [2.75, 3.05) is 6.61 Å². The fourth-order valence-corrected chi connectivity index (χ4v) is 3.82. The molecule has 0 spiro atoms. The van der Waals surface area contributed by atoms with Gasteiger partial charge in [0.25, 0.3) is 0 Å². The quantitative estimate of drug-likeness (QED) is 0.629. The Morgan fingerprint density at radius 2 is 1.87 bits per heavy atom. The second kappa shape index (κ2) is 5.19. The Bertz CT molecular complexity index is 488. The molecule has 1 aromatic heterocycles. The van der Waals surface area contributed by atoms with E-state index in [-0.39, 0.29) is 27.0 Å². The molecule has 0 aliphatic carbocycles. The first kappa shape index (κ1) is 10.5. The van der Waals surface area contributed by atoms with Crippen LogP contribution in [0, 0.1) is 11.8 Å². The van der Waals surface area contributed by atoms with Crippen molar-refractivity contribution in [1.29, 1.82) is 0 Å². The average Bonchev–Trinajstić information content (AvgIpc) is 2.76. The van der Waals surface area contributed by atoms with Gasteiger partial charge in [0, 0.05) is 0 Å². The van der Waals surface area contributed by atoms with Crippen LogP contribution >= 0.6 is 0 Å². The molecule has 0 saturated carbocycles. The van der Waals surface area contributed by atoms with Gasteiger partial charge in [-0.3, -0.25) is 0 Å². The number of hydrogen-bond donors (Lipinski definition) is 1. The van der Waals surface area contributed by atoms with E-state index in [2.05, 4.69) is 48.2 Å². The van der Waals surface area contributed by atoms with Crippen LogP contribution in [-0.2, 0) is 0 Å². The molecule has 2 rings (SSSR count). The van der Waals surface area contributed by atoms with Gasteiger partial charge in [0.05, 0.1) is 0 Å². The third-order valence-corrected chi connectivity index (χ3v) is 4.95. The molecule has 0 atom stereocenters. The molecule has 74 valence electrons. The van der Waals surface area contributed by atoms with Gasteiger partial charge in [0.15, 0.2) is 0 Å². The SMILES string of the molecule is OCC#Cc1ccc(-c2ccccc2)[te]1. The second-order valence-corrected chi connectivity index (χ2v) is 6.08. The van der Waals surface area contributed by atoms with Crippen molar-refractivity contribution in [2.24, 2.45) is 0 Å². The summed E-state index contributed by atoms with van der Waals surface area (Å²) >= 11 is -0.328. The van der Waals surface area contributed by atoms with Crippen molar-refractivity contribution in [1.82, 2.24) is 0 Å². The first-order valence-electron chi connectivity index (χ1n) is 4.65. The molecule has 0 unspecified atom stereocenters. The van der Waals surface area contributed by atoms with E-state index >= 15 is 0 Å². The van der Waals surface area contributed by atoms with Crippen LogP contribution in [-0.4, -0.2) is 32.1 Å². The van der Waals surface area contributed by atoms with E-state index in [1.54, 1.807) is 0 Å². The summed E-state index contributed by atoms with van der Waals surface area (Å²) in [6.45, 7) is -0.0506. The van der Waals surface area contributed by atoms with Gasteiger partial charge in [-0.05, 0) is 0 Å². The molecule has 0 saturated heterocycles. The molecule has 1 heterocycles. The van der Waals surface area contributed by atoms with Gasteiger partial charge in [-0.2, -0.15) is 0 Å². The average molecular weight is 310 g/mol. The van der Waals surface area contributed by atoms with Crippen molar-refractivity contribution < 1.29 is 5.11 Å². The summed E-state index contributed by atoms with van der Waals surface area (Å²) in [6, 6.07) is 14.6. The minimum atomic E-state index is -0.328. The van der Waals surface area contributed by atoms with Crippen molar-refractivity contribution >= 4 is 20.4 Å². The van der Waals surface area contributed by atoms with Crippen LogP contribution in [0.5, 0.6) is 0 Å². The maximum atomic E-state index is 8.61. The van der Waals surface area contributed by atoms with Crippen molar-refractivity contribution in [2.45, 2.75) is 0 Å². The van der Waals surface area contributed by atoms with E-state index in [1.807, 2.05) is 6.07 Å². The zero-order chi connectivity index (χ0) is 10.5. The van der Waals surface area contributed by atoms with E-state index < -0.39 is 0 Å². The summed E-state index contributed by atoms with van der Waals surface area (Å²) in [5.74, 6) is 5.70. The monoisotopic (exact) mass is 312 g/mol. The summed E-state index contributed by atoms with van der Waals surface area (Å²) in [7, 11) is 0. The summed E-state index contributed by atoms with van der Waals surface area (Å²) in [5, 5.41) is 8.61. The van der Waals surface area contributed by atoms with E-state index in [0.717, 1.165) is 0 Å². The Kier molecular flexibility index (Phi) is 3.64. The van der Waals surface area contributed by atoms with Crippen LogP contribution in [0.4, 0.5) is 0 Å². The molecule has 1 aromatic carbocycles. The van der Waals surface area contributed by atoms with Crippen LogP contribution in [0.1, 0.15) is 3.58 Å². The van der Waals surface area contributed by atoms with Gasteiger partial charge in [-0.15, -0.1) is 0 Å². The van der Waals surface area contributed by atoms with Crippen LogP contribution in [0.2, 0.25) is 0 Å². The molecule has 2 aromatic rings. The number of rotatable bonds is 1. The van der Waals surface area contributed by atoms with E-state index in [0.29, 0.717) is 0 Å². The zero-order valence-electron chi connectivity index (χ0n) is 8.10. The van der Waals surface area contributed by atoms with Crippen molar-refractivity contribution in [3.05, 3.63) is 46.0 Å². The third-order valence-electron chi connectivity index (χ3n) is 1.95. The number of hydrogen-bond acceptors (Lipinski definition) is 1. The normalized spacial score (nSPS) is 9.40. The Morgan fingerprint density at radius 3 is 2.60 bits per heavy atom. The molecule has 1 N–H and O–H groups in total. The third kappa shape index (κ3) is 2.74. The number of aliphatic hydroxyl groups is 1. The molecule has 0 aliphatic rings. The van der Waals surface area contributed by atoms with Gasteiger partial charge < -0.3 is 0 Å². The van der Waals surface area contributed by atoms with Crippen LogP contribution in [0.25, 0.3) is 9.14 Å². The van der Waals surface area contributed by atoms with E-state index in [4.69, 9.17) is 5.11 Å². The van der Waals surface area contributed by atoms with Crippen LogP contribution in [0.3, 0.4) is 0 Å². The first-order chi connectivity index (χ1) is 7.40. The van der Waals surface area contributed by atoms with Gasteiger partial charge in [-0.25, -0.2) is 0 Å². The van der Waals surface area contributed by atoms with Crippen LogP contribution in [0.15, 0.2) is 42.5 Å². The summed E-state index contributed by atoms with van der Waals surface area (Å²) < 4.78 is 2.62. The van der Waals surface area contributed by atoms with Gasteiger partial charge in [0.1, 0.15) is 0 Å². The molecule has 2 heteroatoms. The standard InChI is InChI=1S/C13H10OTe/c14-10-4-7-12-8-9-13(15-12)11-5-2-1-3-6-11/h1-3,5-6,8-9,14H,10H2. The van der Waals surface area contributed by atoms with Crippen LogP contribution < -0.4 is 0 Å². The fraction of sp³-hybridized carbons (Fsp3) is 0.0769. The maximum absolute atomic E-state index is 8.61. The minimum absolute atomic E-state index is 0.0506. The van der Waals surface area contributed by atoms with Crippen molar-refractivity contribution in [3.63, 3.8) is 0 Å².